The van der Waals surface area contributed by atoms with Gasteiger partial charge in [0.05, 0.1) is 31.9 Å². The number of benzene rings is 1. The molecule has 0 radical (unpaired) electrons. The van der Waals surface area contributed by atoms with Crippen LogP contribution in [0, 0.1) is 28.6 Å². The minimum absolute atomic E-state index is 0.177. The van der Waals surface area contributed by atoms with E-state index in [1.54, 1.807) is 12.0 Å². The van der Waals surface area contributed by atoms with Gasteiger partial charge in [-0.3, -0.25) is 0 Å². The number of pyridine rings is 1. The summed E-state index contributed by atoms with van der Waals surface area (Å²) >= 11 is 1.49. The molecule has 0 amide bonds. The van der Waals surface area contributed by atoms with Crippen LogP contribution >= 0.6 is 11.8 Å². The molecule has 0 bridgehead atoms. The zero-order valence-electron chi connectivity index (χ0n) is 18.9. The smallest absolute Gasteiger partial charge is 0.148 e. The van der Waals surface area contributed by atoms with Gasteiger partial charge in [0.1, 0.15) is 52.7 Å². The van der Waals surface area contributed by atoms with E-state index in [2.05, 4.69) is 17.1 Å². The summed E-state index contributed by atoms with van der Waals surface area (Å²) in [5.74, 6) is 2.32. The minimum atomic E-state index is -0.936. The second-order valence-electron chi connectivity index (χ2n) is 9.01. The first kappa shape index (κ1) is 22.9. The molecule has 1 aromatic carbocycles. The lowest BCUT2D eigenvalue weighted by Crippen LogP contribution is -2.49. The summed E-state index contributed by atoms with van der Waals surface area (Å²) in [6.45, 7) is 2.28. The van der Waals surface area contributed by atoms with Crippen LogP contribution in [0.15, 0.2) is 29.3 Å². The number of thioether (sulfide) groups is 1. The highest BCUT2D eigenvalue weighted by atomic mass is 32.2. The Morgan fingerprint density at radius 3 is 2.41 bits per heavy atom. The summed E-state index contributed by atoms with van der Waals surface area (Å²) in [6, 6.07) is 11.9. The van der Waals surface area contributed by atoms with Gasteiger partial charge in [0.2, 0.25) is 0 Å². The van der Waals surface area contributed by atoms with E-state index in [0.29, 0.717) is 59.0 Å². The third kappa shape index (κ3) is 4.44. The van der Waals surface area contributed by atoms with Gasteiger partial charge in [-0.2, -0.15) is 10.5 Å². The van der Waals surface area contributed by atoms with Crippen molar-refractivity contribution in [3.8, 4) is 29.0 Å². The van der Waals surface area contributed by atoms with E-state index in [1.165, 1.54) is 11.8 Å². The van der Waals surface area contributed by atoms with Gasteiger partial charge in [0.15, 0.2) is 0 Å². The molecule has 1 saturated carbocycles. The normalized spacial score (nSPS) is 19.0. The molecule has 1 aliphatic carbocycles. The molecule has 3 fully saturated rings. The van der Waals surface area contributed by atoms with E-state index in [9.17, 15) is 14.9 Å². The van der Waals surface area contributed by atoms with Gasteiger partial charge in [0, 0.05) is 24.3 Å². The van der Waals surface area contributed by atoms with Gasteiger partial charge in [0.25, 0.3) is 0 Å². The monoisotopic (exact) mass is 480 g/mol. The van der Waals surface area contributed by atoms with Crippen LogP contribution < -0.4 is 9.64 Å². The van der Waals surface area contributed by atoms with Crippen molar-refractivity contribution in [3.05, 3.63) is 35.4 Å². The topological polar surface area (TPSA) is 91.4 Å². The summed E-state index contributed by atoms with van der Waals surface area (Å²) in [4.78, 5) is 6.44. The number of rotatable bonds is 9. The lowest BCUT2D eigenvalue weighted by molar-refractivity contribution is -0.0196. The van der Waals surface area contributed by atoms with Crippen molar-refractivity contribution >= 4 is 17.6 Å². The maximum atomic E-state index is 13.6. The van der Waals surface area contributed by atoms with Crippen molar-refractivity contribution in [2.45, 2.75) is 29.6 Å². The molecular formula is C25H25FN4O3S. The molecule has 9 heteroatoms. The molecular weight excluding hydrogens is 455 g/mol. The Kier molecular flexibility index (Phi) is 6.35. The minimum Gasteiger partial charge on any atom is -0.491 e. The number of anilines is 1. The number of methoxy groups -OCH3 is 1. The standard InChI is InChI=1S/C25H25FN4O3S/c1-31-25(6-7-25)15-33-19-4-2-17(3-5-19)22-20(8-27)23(30-10-18(26)11-30)29-24(21(22)9-28)34-14-16-12-32-13-16/h2-5,16,18H,6-7,10-15H2,1H3. The van der Waals surface area contributed by atoms with Crippen LogP contribution in [0.1, 0.15) is 24.0 Å². The predicted molar refractivity (Wildman–Crippen MR) is 126 cm³/mol. The van der Waals surface area contributed by atoms with Crippen molar-refractivity contribution in [1.82, 2.24) is 4.98 Å². The predicted octanol–water partition coefficient (Wildman–Crippen LogP) is 3.95. The Balaban J connectivity index is 1.49. The van der Waals surface area contributed by atoms with Crippen molar-refractivity contribution < 1.29 is 18.6 Å². The summed E-state index contributed by atoms with van der Waals surface area (Å²) in [6.07, 6.45) is 1.04. The van der Waals surface area contributed by atoms with Gasteiger partial charge < -0.3 is 19.1 Å². The molecule has 0 spiro atoms. The van der Waals surface area contributed by atoms with Crippen molar-refractivity contribution in [1.29, 1.82) is 10.5 Å². The fourth-order valence-corrected chi connectivity index (χ4v) is 5.07. The number of ether oxygens (including phenoxy) is 3. The van der Waals surface area contributed by atoms with Crippen molar-refractivity contribution in [2.24, 2.45) is 5.92 Å². The molecule has 3 aliphatic rings. The van der Waals surface area contributed by atoms with Gasteiger partial charge in [-0.1, -0.05) is 12.1 Å². The van der Waals surface area contributed by atoms with E-state index in [-0.39, 0.29) is 18.7 Å². The second-order valence-corrected chi connectivity index (χ2v) is 10.0. The molecule has 3 heterocycles. The van der Waals surface area contributed by atoms with E-state index in [4.69, 9.17) is 14.2 Å². The quantitative estimate of drug-likeness (QED) is 0.499. The number of hydrogen-bond donors (Lipinski definition) is 0. The second kappa shape index (κ2) is 9.42. The highest BCUT2D eigenvalue weighted by Crippen LogP contribution is 2.41. The van der Waals surface area contributed by atoms with Crippen LogP contribution in [0.25, 0.3) is 11.1 Å². The summed E-state index contributed by atoms with van der Waals surface area (Å²) in [5.41, 5.74) is 1.75. The molecule has 1 aromatic heterocycles. The number of nitrogens with zero attached hydrogens (tertiary/aromatic N) is 4. The Labute approximate surface area is 202 Å². The van der Waals surface area contributed by atoms with Gasteiger partial charge >= 0.3 is 0 Å². The number of nitriles is 2. The zero-order valence-corrected chi connectivity index (χ0v) is 19.7. The first-order valence-corrected chi connectivity index (χ1v) is 12.3. The molecule has 0 unspecified atom stereocenters. The molecule has 34 heavy (non-hydrogen) atoms. The molecule has 2 aliphatic heterocycles. The van der Waals surface area contributed by atoms with Gasteiger partial charge in [-0.05, 0) is 30.5 Å². The molecule has 2 aromatic rings. The highest BCUT2D eigenvalue weighted by Gasteiger charge is 2.44. The average molecular weight is 481 g/mol. The molecule has 7 nitrogen and oxygen atoms in total. The first-order valence-electron chi connectivity index (χ1n) is 11.3. The lowest BCUT2D eigenvalue weighted by atomic mass is 9.95. The number of aromatic nitrogens is 1. The van der Waals surface area contributed by atoms with E-state index in [1.807, 2.05) is 24.3 Å². The third-order valence-corrected chi connectivity index (χ3v) is 7.76. The number of halogens is 1. The van der Waals surface area contributed by atoms with Crippen LogP contribution in [0.4, 0.5) is 10.2 Å². The Bertz CT molecular complexity index is 1150. The highest BCUT2D eigenvalue weighted by molar-refractivity contribution is 7.99. The van der Waals surface area contributed by atoms with Crippen molar-refractivity contribution in [2.75, 3.05) is 50.7 Å². The van der Waals surface area contributed by atoms with Crippen LogP contribution in [0.2, 0.25) is 0 Å². The summed E-state index contributed by atoms with van der Waals surface area (Å²) < 4.78 is 30.3. The van der Waals surface area contributed by atoms with Crippen molar-refractivity contribution in [3.63, 3.8) is 0 Å². The Morgan fingerprint density at radius 1 is 1.18 bits per heavy atom. The maximum absolute atomic E-state index is 13.6. The summed E-state index contributed by atoms with van der Waals surface area (Å²) in [7, 11) is 1.70. The Morgan fingerprint density at radius 2 is 1.88 bits per heavy atom. The van der Waals surface area contributed by atoms with Gasteiger partial charge in [-0.25, -0.2) is 9.37 Å². The fraction of sp³-hybridized carbons (Fsp3) is 0.480. The fourth-order valence-electron chi connectivity index (χ4n) is 4.04. The van der Waals surface area contributed by atoms with E-state index >= 15 is 0 Å². The average Bonchev–Trinajstić information content (AvgIpc) is 3.59. The number of alkyl halides is 1. The SMILES string of the molecule is COC1(COc2ccc(-c3c(C#N)c(SCC4COC4)nc(N4CC(F)C4)c3C#N)cc2)CC1. The van der Waals surface area contributed by atoms with Crippen LogP contribution in [0.3, 0.4) is 0 Å². The van der Waals surface area contributed by atoms with Crippen LogP contribution in [-0.4, -0.2) is 62.5 Å². The zero-order chi connectivity index (χ0) is 23.7. The van der Waals surface area contributed by atoms with Gasteiger partial charge in [-0.15, -0.1) is 11.8 Å². The molecule has 2 saturated heterocycles. The largest absolute Gasteiger partial charge is 0.491 e. The molecule has 0 N–H and O–H groups in total. The van der Waals surface area contributed by atoms with Crippen LogP contribution in [-0.2, 0) is 9.47 Å². The molecule has 176 valence electrons. The molecule has 5 rings (SSSR count). The summed E-state index contributed by atoms with van der Waals surface area (Å²) in [5, 5.41) is 20.7. The van der Waals surface area contributed by atoms with E-state index in [0.717, 1.165) is 24.2 Å². The first-order chi connectivity index (χ1) is 16.6. The maximum Gasteiger partial charge on any atom is 0.148 e. The lowest BCUT2D eigenvalue weighted by Gasteiger charge is -2.36. The Hall–Kier alpha value is -2.85. The van der Waals surface area contributed by atoms with E-state index < -0.39 is 6.17 Å². The van der Waals surface area contributed by atoms with Crippen LogP contribution in [0.5, 0.6) is 5.75 Å². The third-order valence-electron chi connectivity index (χ3n) is 6.55. The molecule has 0 atom stereocenters. The number of hydrogen-bond acceptors (Lipinski definition) is 8.